The molecule has 1 aliphatic heterocycles. The molecule has 9 nitrogen and oxygen atoms in total. The largest absolute Gasteiger partial charge is 0.463 e. The number of nitrogens with zero attached hydrogens (tertiary/aromatic N) is 1. The first kappa shape index (κ1) is 20.9. The van der Waals surface area contributed by atoms with Gasteiger partial charge >= 0.3 is 17.9 Å². The minimum atomic E-state index is -1.12. The lowest BCUT2D eigenvalue weighted by molar-refractivity contribution is -0.289. The van der Waals surface area contributed by atoms with Crippen molar-refractivity contribution in [3.63, 3.8) is 0 Å². The Morgan fingerprint density at radius 3 is 2.04 bits per heavy atom. The lowest BCUT2D eigenvalue weighted by atomic mass is 9.91. The van der Waals surface area contributed by atoms with Crippen LogP contribution < -0.4 is 0 Å². The van der Waals surface area contributed by atoms with Crippen LogP contribution in [0, 0.1) is 17.2 Å². The number of nitriles is 1. The number of carbonyl (C=O) groups is 3. The molecule has 0 amide bonds. The minimum absolute atomic E-state index is 0.249. The molecule has 0 aromatic rings. The molecule has 0 radical (unpaired) electrons. The van der Waals surface area contributed by atoms with Crippen molar-refractivity contribution in [3.8, 4) is 6.07 Å². The van der Waals surface area contributed by atoms with E-state index in [4.69, 9.17) is 23.7 Å². The van der Waals surface area contributed by atoms with Crippen molar-refractivity contribution in [2.24, 2.45) is 5.92 Å². The Balaban J connectivity index is 3.17. The highest BCUT2D eigenvalue weighted by Gasteiger charge is 2.51. The summed E-state index contributed by atoms with van der Waals surface area (Å²) >= 11 is 0. The fraction of sp³-hybridized carbons (Fsp3) is 0.750. The van der Waals surface area contributed by atoms with Crippen LogP contribution in [0.25, 0.3) is 0 Å². The molecule has 0 unspecified atom stereocenters. The van der Waals surface area contributed by atoms with Crippen LogP contribution >= 0.6 is 0 Å². The fourth-order valence-corrected chi connectivity index (χ4v) is 2.42. The van der Waals surface area contributed by atoms with Gasteiger partial charge in [0.2, 0.25) is 0 Å². The second-order valence-corrected chi connectivity index (χ2v) is 5.83. The monoisotopic (exact) mass is 357 g/mol. The molecule has 0 aromatic heterocycles. The average Bonchev–Trinajstić information content (AvgIpc) is 2.46. The van der Waals surface area contributed by atoms with E-state index in [1.165, 1.54) is 20.8 Å². The summed E-state index contributed by atoms with van der Waals surface area (Å²) < 4.78 is 26.6. The quantitative estimate of drug-likeness (QED) is 0.499. The van der Waals surface area contributed by atoms with Crippen molar-refractivity contribution in [2.45, 2.75) is 65.3 Å². The van der Waals surface area contributed by atoms with Crippen LogP contribution in [0.2, 0.25) is 0 Å². The van der Waals surface area contributed by atoms with E-state index in [9.17, 15) is 19.6 Å². The highest BCUT2D eigenvalue weighted by Crippen LogP contribution is 2.32. The summed E-state index contributed by atoms with van der Waals surface area (Å²) in [5.41, 5.74) is 0. The predicted octanol–water partition coefficient (Wildman–Crippen LogP) is 0.703. The SMILES string of the molecule is CC(=O)OC[C@H]1O[C@H](OC(C)C)[C@H](C#N)[C@@H](OC(C)=O)[C@@H]1OC(C)=O. The highest BCUT2D eigenvalue weighted by atomic mass is 16.7. The van der Waals surface area contributed by atoms with Crippen LogP contribution in [0.15, 0.2) is 0 Å². The van der Waals surface area contributed by atoms with Gasteiger partial charge in [-0.3, -0.25) is 14.4 Å². The van der Waals surface area contributed by atoms with Gasteiger partial charge in [-0.15, -0.1) is 0 Å². The Morgan fingerprint density at radius 1 is 1.04 bits per heavy atom. The molecule has 1 rings (SSSR count). The molecule has 0 saturated carbocycles. The van der Waals surface area contributed by atoms with E-state index in [0.29, 0.717) is 0 Å². The molecule has 0 aromatic carbocycles. The van der Waals surface area contributed by atoms with Gasteiger partial charge in [0.25, 0.3) is 0 Å². The minimum Gasteiger partial charge on any atom is -0.463 e. The normalized spacial score (nSPS) is 28.8. The number of rotatable bonds is 6. The molecule has 1 aliphatic rings. The van der Waals surface area contributed by atoms with Crippen LogP contribution in [0.3, 0.4) is 0 Å². The van der Waals surface area contributed by atoms with Crippen molar-refractivity contribution in [3.05, 3.63) is 0 Å². The summed E-state index contributed by atoms with van der Waals surface area (Å²) in [6, 6.07) is 1.98. The number of esters is 3. The first-order valence-corrected chi connectivity index (χ1v) is 7.84. The van der Waals surface area contributed by atoms with E-state index in [0.717, 1.165) is 0 Å². The van der Waals surface area contributed by atoms with Gasteiger partial charge in [-0.2, -0.15) is 5.26 Å². The number of carbonyl (C=O) groups excluding carboxylic acids is 3. The smallest absolute Gasteiger partial charge is 0.303 e. The van der Waals surface area contributed by atoms with Crippen LogP contribution in [0.4, 0.5) is 0 Å². The van der Waals surface area contributed by atoms with Crippen LogP contribution in [-0.2, 0) is 38.1 Å². The molecule has 1 heterocycles. The Hall–Kier alpha value is -2.18. The van der Waals surface area contributed by atoms with Gasteiger partial charge < -0.3 is 23.7 Å². The van der Waals surface area contributed by atoms with Gasteiger partial charge in [-0.1, -0.05) is 0 Å². The number of hydrogen-bond acceptors (Lipinski definition) is 9. The highest BCUT2D eigenvalue weighted by molar-refractivity contribution is 5.67. The van der Waals surface area contributed by atoms with Crippen LogP contribution in [0.5, 0.6) is 0 Å². The van der Waals surface area contributed by atoms with Crippen molar-refractivity contribution in [1.82, 2.24) is 0 Å². The van der Waals surface area contributed by atoms with Crippen molar-refractivity contribution in [2.75, 3.05) is 6.61 Å². The van der Waals surface area contributed by atoms with Crippen molar-refractivity contribution >= 4 is 17.9 Å². The summed E-state index contributed by atoms with van der Waals surface area (Å²) in [6.07, 6.45) is -4.51. The van der Waals surface area contributed by atoms with Crippen molar-refractivity contribution < 1.29 is 38.1 Å². The van der Waals surface area contributed by atoms with E-state index in [1.807, 2.05) is 6.07 Å². The molecule has 5 atom stereocenters. The molecular formula is C16H23NO8. The number of hydrogen-bond donors (Lipinski definition) is 0. The Bertz CT molecular complexity index is 541. The molecule has 0 aliphatic carbocycles. The second kappa shape index (κ2) is 9.34. The van der Waals surface area contributed by atoms with Gasteiger partial charge in [0.05, 0.1) is 12.2 Å². The van der Waals surface area contributed by atoms with Gasteiger partial charge in [0, 0.05) is 20.8 Å². The molecule has 9 heteroatoms. The molecule has 25 heavy (non-hydrogen) atoms. The average molecular weight is 357 g/mol. The van der Waals surface area contributed by atoms with Crippen molar-refractivity contribution in [1.29, 1.82) is 5.26 Å². The molecule has 1 saturated heterocycles. The summed E-state index contributed by atoms with van der Waals surface area (Å²) in [5, 5.41) is 9.49. The zero-order valence-corrected chi connectivity index (χ0v) is 14.9. The molecular weight excluding hydrogens is 334 g/mol. The van der Waals surface area contributed by atoms with Crippen LogP contribution in [-0.4, -0.2) is 55.2 Å². The first-order chi connectivity index (χ1) is 11.6. The van der Waals surface area contributed by atoms with Gasteiger partial charge in [0.1, 0.15) is 18.6 Å². The van der Waals surface area contributed by atoms with Gasteiger partial charge in [0.15, 0.2) is 18.5 Å². The van der Waals surface area contributed by atoms with E-state index in [2.05, 4.69) is 0 Å². The lowest BCUT2D eigenvalue weighted by Crippen LogP contribution is -2.59. The molecule has 140 valence electrons. The topological polar surface area (TPSA) is 121 Å². The summed E-state index contributed by atoms with van der Waals surface area (Å²) in [7, 11) is 0. The van der Waals surface area contributed by atoms with Gasteiger partial charge in [-0.25, -0.2) is 0 Å². The fourth-order valence-electron chi connectivity index (χ4n) is 2.42. The maximum Gasteiger partial charge on any atom is 0.303 e. The van der Waals surface area contributed by atoms with E-state index >= 15 is 0 Å². The third-order valence-electron chi connectivity index (χ3n) is 3.26. The third-order valence-corrected chi connectivity index (χ3v) is 3.26. The Labute approximate surface area is 146 Å². The van der Waals surface area contributed by atoms with Gasteiger partial charge in [-0.05, 0) is 13.8 Å². The maximum atomic E-state index is 11.5. The summed E-state index contributed by atoms with van der Waals surface area (Å²) in [6.45, 7) is 6.81. The first-order valence-electron chi connectivity index (χ1n) is 7.84. The molecule has 1 fully saturated rings. The second-order valence-electron chi connectivity index (χ2n) is 5.83. The maximum absolute atomic E-state index is 11.5. The lowest BCUT2D eigenvalue weighted by Gasteiger charge is -2.42. The van der Waals surface area contributed by atoms with E-state index in [-0.39, 0.29) is 12.7 Å². The molecule has 0 bridgehead atoms. The summed E-state index contributed by atoms with van der Waals surface area (Å²) in [5.74, 6) is -2.89. The summed E-state index contributed by atoms with van der Waals surface area (Å²) in [4.78, 5) is 34.0. The molecule has 0 N–H and O–H groups in total. The van der Waals surface area contributed by atoms with Crippen LogP contribution in [0.1, 0.15) is 34.6 Å². The number of ether oxygens (including phenoxy) is 5. The zero-order chi connectivity index (χ0) is 19.1. The standard InChI is InChI=1S/C16H23NO8/c1-8(2)22-16-12(6-17)14(23-10(4)19)15(24-11(5)20)13(25-16)7-21-9(3)18/h8,12-16H,7H2,1-5H3/t12-,13-,14-,15-,16+/m1/s1. The zero-order valence-electron chi connectivity index (χ0n) is 14.9. The predicted molar refractivity (Wildman–Crippen MR) is 81.7 cm³/mol. The molecule has 0 spiro atoms. The van der Waals surface area contributed by atoms with E-state index < -0.39 is 48.4 Å². The Morgan fingerprint density at radius 2 is 1.60 bits per heavy atom. The third kappa shape index (κ3) is 6.32. The Kier molecular flexibility index (Phi) is 7.80. The van der Waals surface area contributed by atoms with E-state index in [1.54, 1.807) is 13.8 Å².